The van der Waals surface area contributed by atoms with Crippen LogP contribution in [0, 0.1) is 31.6 Å². The molecular weight excluding hydrogens is 516 g/mol. The van der Waals surface area contributed by atoms with Gasteiger partial charge in [0.15, 0.2) is 0 Å². The van der Waals surface area contributed by atoms with E-state index in [2.05, 4.69) is 11.1 Å². The Labute approximate surface area is 239 Å². The first-order chi connectivity index (χ1) is 19.9. The maximum Gasteiger partial charge on any atom is 0.238 e. The number of phenols is 1. The van der Waals surface area contributed by atoms with Gasteiger partial charge >= 0.3 is 0 Å². The van der Waals surface area contributed by atoms with Crippen LogP contribution in [0.4, 0.5) is 5.69 Å². The number of aryl methyl sites for hydroxylation is 2. The van der Waals surface area contributed by atoms with E-state index in [1.54, 1.807) is 18.3 Å². The molecule has 41 heavy (non-hydrogen) atoms. The van der Waals surface area contributed by atoms with Crippen LogP contribution in [-0.2, 0) is 14.3 Å². The number of para-hydroxylation sites is 1. The number of ether oxygens (including phenoxy) is 1. The highest BCUT2D eigenvalue weighted by Crippen LogP contribution is 2.50. The Bertz CT molecular complexity index is 1520. The van der Waals surface area contributed by atoms with Crippen molar-refractivity contribution < 1.29 is 24.5 Å². The number of nitrogens with zero attached hydrogens (tertiary/aromatic N) is 2. The van der Waals surface area contributed by atoms with Crippen LogP contribution in [0.5, 0.6) is 5.75 Å². The molecular formula is C34H34N2O5. The van der Waals surface area contributed by atoms with Crippen molar-refractivity contribution in [3.63, 3.8) is 0 Å². The number of hydrogen-bond acceptors (Lipinski definition) is 6. The SMILES string of the molecule is Cc1cc(/C=C(/CC[C@H]2OC[C@H]3C2=C(CO)C[C@H]2C(=O)N(c4ccccc4)C(=O)[C@H]23)c2ccccn2)cc(C)c1O. The predicted octanol–water partition coefficient (Wildman–Crippen LogP) is 5.24. The number of rotatable bonds is 7. The van der Waals surface area contributed by atoms with Crippen LogP contribution >= 0.6 is 0 Å². The molecule has 2 aliphatic heterocycles. The van der Waals surface area contributed by atoms with Crippen molar-refractivity contribution in [2.45, 2.75) is 39.2 Å². The molecule has 0 saturated carbocycles. The zero-order chi connectivity index (χ0) is 28.7. The monoisotopic (exact) mass is 550 g/mol. The Kier molecular flexibility index (Phi) is 7.32. The number of phenolic OH excluding ortho intramolecular Hbond substituents is 1. The average Bonchev–Trinajstić information content (AvgIpc) is 3.52. The van der Waals surface area contributed by atoms with Crippen molar-refractivity contribution in [2.24, 2.45) is 17.8 Å². The van der Waals surface area contributed by atoms with Crippen LogP contribution in [-0.4, -0.2) is 46.3 Å². The van der Waals surface area contributed by atoms with E-state index in [9.17, 15) is 19.8 Å². The third-order valence-electron chi connectivity index (χ3n) is 8.74. The van der Waals surface area contributed by atoms with Gasteiger partial charge in [0.25, 0.3) is 0 Å². The van der Waals surface area contributed by atoms with Crippen molar-refractivity contribution in [1.82, 2.24) is 4.98 Å². The summed E-state index contributed by atoms with van der Waals surface area (Å²) < 4.78 is 6.32. The number of aromatic hydroxyl groups is 1. The molecule has 1 aromatic heterocycles. The van der Waals surface area contributed by atoms with Gasteiger partial charge in [-0.25, -0.2) is 0 Å². The number of hydrogen-bond donors (Lipinski definition) is 2. The van der Waals surface area contributed by atoms with Gasteiger partial charge in [-0.1, -0.05) is 24.3 Å². The zero-order valence-electron chi connectivity index (χ0n) is 23.3. The fourth-order valence-corrected chi connectivity index (χ4v) is 6.84. The second kappa shape index (κ2) is 11.1. The largest absolute Gasteiger partial charge is 0.507 e. The van der Waals surface area contributed by atoms with E-state index in [0.29, 0.717) is 37.3 Å². The second-order valence-electron chi connectivity index (χ2n) is 11.3. The lowest BCUT2D eigenvalue weighted by Gasteiger charge is -2.31. The van der Waals surface area contributed by atoms with E-state index >= 15 is 0 Å². The number of fused-ring (bicyclic) bond motifs is 3. The molecule has 0 bridgehead atoms. The van der Waals surface area contributed by atoms with Crippen molar-refractivity contribution in [3.05, 3.63) is 100 Å². The summed E-state index contributed by atoms with van der Waals surface area (Å²) in [5, 5.41) is 20.6. The Morgan fingerprint density at radius 1 is 1.02 bits per heavy atom. The van der Waals surface area contributed by atoms with E-state index in [1.807, 2.05) is 62.4 Å². The molecule has 1 aliphatic carbocycles. The molecule has 2 amide bonds. The number of aromatic nitrogens is 1. The summed E-state index contributed by atoms with van der Waals surface area (Å²) in [4.78, 5) is 33.0. The zero-order valence-corrected chi connectivity index (χ0v) is 23.3. The Morgan fingerprint density at radius 2 is 1.76 bits per heavy atom. The summed E-state index contributed by atoms with van der Waals surface area (Å²) in [6, 6.07) is 18.8. The highest BCUT2D eigenvalue weighted by Gasteiger charge is 2.57. The van der Waals surface area contributed by atoms with Gasteiger partial charge in [0.2, 0.25) is 11.8 Å². The number of anilines is 1. The number of amides is 2. The molecule has 2 N–H and O–H groups in total. The first kappa shape index (κ1) is 27.1. The second-order valence-corrected chi connectivity index (χ2v) is 11.3. The Balaban J connectivity index is 1.28. The molecule has 7 nitrogen and oxygen atoms in total. The minimum absolute atomic E-state index is 0.156. The Morgan fingerprint density at radius 3 is 2.44 bits per heavy atom. The maximum atomic E-state index is 13.7. The van der Waals surface area contributed by atoms with Crippen LogP contribution in [0.1, 0.15) is 41.6 Å². The molecule has 2 fully saturated rings. The van der Waals surface area contributed by atoms with Crippen molar-refractivity contribution in [2.75, 3.05) is 18.1 Å². The molecule has 2 saturated heterocycles. The lowest BCUT2D eigenvalue weighted by atomic mass is 9.69. The van der Waals surface area contributed by atoms with Gasteiger partial charge in [-0.15, -0.1) is 0 Å². The number of imide groups is 1. The fraction of sp³-hybridized carbons (Fsp3) is 0.324. The molecule has 0 radical (unpaired) electrons. The molecule has 2 aromatic carbocycles. The van der Waals surface area contributed by atoms with Gasteiger partial charge in [-0.2, -0.15) is 0 Å². The Hall–Kier alpha value is -4.07. The van der Waals surface area contributed by atoms with Gasteiger partial charge in [0.1, 0.15) is 5.75 Å². The summed E-state index contributed by atoms with van der Waals surface area (Å²) in [6.45, 7) is 3.97. The van der Waals surface area contributed by atoms with Crippen molar-refractivity contribution in [1.29, 1.82) is 0 Å². The number of aliphatic hydroxyl groups excluding tert-OH is 1. The number of carbonyl (C=O) groups is 2. The van der Waals surface area contributed by atoms with Crippen molar-refractivity contribution in [3.8, 4) is 5.75 Å². The molecule has 0 unspecified atom stereocenters. The van der Waals surface area contributed by atoms with E-state index in [0.717, 1.165) is 39.1 Å². The van der Waals surface area contributed by atoms with Gasteiger partial charge in [0, 0.05) is 12.1 Å². The molecule has 210 valence electrons. The van der Waals surface area contributed by atoms with Gasteiger partial charge in [0.05, 0.1) is 42.5 Å². The van der Waals surface area contributed by atoms with E-state index in [1.165, 1.54) is 4.90 Å². The minimum atomic E-state index is -0.481. The number of allylic oxidation sites excluding steroid dienone is 1. The lowest BCUT2D eigenvalue weighted by molar-refractivity contribution is -0.122. The van der Waals surface area contributed by atoms with Crippen LogP contribution in [0.25, 0.3) is 11.6 Å². The maximum absolute atomic E-state index is 13.7. The molecule has 7 heteroatoms. The summed E-state index contributed by atoms with van der Waals surface area (Å²) >= 11 is 0. The number of benzene rings is 2. The third kappa shape index (κ3) is 4.89. The fourth-order valence-electron chi connectivity index (χ4n) is 6.84. The standard InChI is InChI=1S/C34H34N2O5/c1-20-14-22(15-21(2)32(20)38)16-23(28-10-6-7-13-35-28)11-12-29-30-24(18-37)17-26-31(27(30)19-41-29)34(40)36(33(26)39)25-8-4-3-5-9-25/h3-10,13-16,26-27,29,31,37-38H,11-12,17-19H2,1-2H3/b23-16-/t26-,27+,29-,31-/m1/s1. The number of pyridine rings is 1. The average molecular weight is 551 g/mol. The molecule has 3 heterocycles. The van der Waals surface area contributed by atoms with E-state index in [-0.39, 0.29) is 30.4 Å². The summed E-state index contributed by atoms with van der Waals surface area (Å²) in [6.07, 6.45) is 5.29. The third-order valence-corrected chi connectivity index (χ3v) is 8.74. The normalized spacial score (nSPS) is 24.2. The summed E-state index contributed by atoms with van der Waals surface area (Å²) in [5.74, 6) is -1.26. The lowest BCUT2D eigenvalue weighted by Crippen LogP contribution is -2.35. The van der Waals surface area contributed by atoms with Gasteiger partial charge in [-0.3, -0.25) is 19.5 Å². The minimum Gasteiger partial charge on any atom is -0.507 e. The predicted molar refractivity (Wildman–Crippen MR) is 157 cm³/mol. The van der Waals surface area contributed by atoms with Crippen LogP contribution in [0.15, 0.2) is 78.0 Å². The van der Waals surface area contributed by atoms with Gasteiger partial charge in [-0.05, 0) is 109 Å². The number of aliphatic hydroxyl groups is 1. The molecule has 4 atom stereocenters. The van der Waals surface area contributed by atoms with E-state index < -0.39 is 11.8 Å². The quantitative estimate of drug-likeness (QED) is 0.308. The molecule has 0 spiro atoms. The van der Waals surface area contributed by atoms with Gasteiger partial charge < -0.3 is 14.9 Å². The molecule has 3 aliphatic rings. The first-order valence-corrected chi connectivity index (χ1v) is 14.2. The highest BCUT2D eigenvalue weighted by molar-refractivity contribution is 6.22. The summed E-state index contributed by atoms with van der Waals surface area (Å²) in [5.41, 5.74) is 6.90. The molecule has 6 rings (SSSR count). The van der Waals surface area contributed by atoms with E-state index in [4.69, 9.17) is 4.74 Å². The van der Waals surface area contributed by atoms with Crippen LogP contribution < -0.4 is 4.90 Å². The molecule has 3 aromatic rings. The topological polar surface area (TPSA) is 100.0 Å². The number of carbonyl (C=O) groups excluding carboxylic acids is 2. The smallest absolute Gasteiger partial charge is 0.238 e. The highest BCUT2D eigenvalue weighted by atomic mass is 16.5. The van der Waals surface area contributed by atoms with Crippen molar-refractivity contribution >= 4 is 29.2 Å². The van der Waals surface area contributed by atoms with Crippen LogP contribution in [0.2, 0.25) is 0 Å². The first-order valence-electron chi connectivity index (χ1n) is 14.2. The summed E-state index contributed by atoms with van der Waals surface area (Å²) in [7, 11) is 0. The van der Waals surface area contributed by atoms with Crippen LogP contribution in [0.3, 0.4) is 0 Å².